The van der Waals surface area contributed by atoms with Gasteiger partial charge in [-0.15, -0.1) is 0 Å². The quantitative estimate of drug-likeness (QED) is 0.857. The summed E-state index contributed by atoms with van der Waals surface area (Å²) < 4.78 is 13.4. The fourth-order valence-corrected chi connectivity index (χ4v) is 1.65. The molecule has 0 saturated heterocycles. The molecule has 0 aromatic heterocycles. The Bertz CT molecular complexity index is 468. The third kappa shape index (κ3) is 5.06. The summed E-state index contributed by atoms with van der Waals surface area (Å²) in [5.74, 6) is -0.735. The molecule has 0 aliphatic rings. The Morgan fingerprint density at radius 2 is 2.16 bits per heavy atom. The second kappa shape index (κ2) is 7.49. The van der Waals surface area contributed by atoms with Gasteiger partial charge in [0.15, 0.2) is 0 Å². The Morgan fingerprint density at radius 3 is 2.74 bits per heavy atom. The molecule has 0 bridgehead atoms. The Balaban J connectivity index is 2.58. The van der Waals surface area contributed by atoms with E-state index in [2.05, 4.69) is 11.4 Å². The van der Waals surface area contributed by atoms with E-state index in [0.29, 0.717) is 13.0 Å². The van der Waals surface area contributed by atoms with Crippen molar-refractivity contribution < 1.29 is 9.18 Å². The first-order valence-corrected chi connectivity index (χ1v) is 6.20. The van der Waals surface area contributed by atoms with Crippen LogP contribution in [0.4, 0.5) is 10.1 Å². The van der Waals surface area contributed by atoms with Crippen LogP contribution in [0, 0.1) is 17.1 Å². The predicted octanol–water partition coefficient (Wildman–Crippen LogP) is 2.39. The number of para-hydroxylation sites is 1. The van der Waals surface area contributed by atoms with Crippen LogP contribution in [0.15, 0.2) is 24.3 Å². The van der Waals surface area contributed by atoms with E-state index < -0.39 is 5.82 Å². The van der Waals surface area contributed by atoms with E-state index in [9.17, 15) is 9.18 Å². The molecule has 4 nitrogen and oxygen atoms in total. The van der Waals surface area contributed by atoms with Crippen molar-refractivity contribution >= 4 is 11.6 Å². The van der Waals surface area contributed by atoms with Gasteiger partial charge in [0.2, 0.25) is 5.91 Å². The number of halogens is 1. The van der Waals surface area contributed by atoms with Gasteiger partial charge in [0.05, 0.1) is 18.3 Å². The molecule has 0 heterocycles. The number of hydrogen-bond donors (Lipinski definition) is 1. The van der Waals surface area contributed by atoms with Gasteiger partial charge in [-0.2, -0.15) is 5.26 Å². The maximum absolute atomic E-state index is 13.4. The Hall–Kier alpha value is -1.93. The summed E-state index contributed by atoms with van der Waals surface area (Å²) in [6, 6.07) is 8.25. The smallest absolute Gasteiger partial charge is 0.238 e. The van der Waals surface area contributed by atoms with Crippen LogP contribution in [0.3, 0.4) is 0 Å². The third-order valence-electron chi connectivity index (χ3n) is 2.74. The van der Waals surface area contributed by atoms with Gasteiger partial charge in [0.25, 0.3) is 0 Å². The summed E-state index contributed by atoms with van der Waals surface area (Å²) in [5.41, 5.74) is 0.177. The van der Waals surface area contributed by atoms with E-state index >= 15 is 0 Å². The average molecular weight is 263 g/mol. The van der Waals surface area contributed by atoms with Gasteiger partial charge in [-0.1, -0.05) is 12.1 Å². The number of carbonyl (C=O) groups is 1. The molecule has 0 saturated carbocycles. The van der Waals surface area contributed by atoms with Crippen LogP contribution in [-0.4, -0.2) is 29.9 Å². The van der Waals surface area contributed by atoms with E-state index in [4.69, 9.17) is 5.26 Å². The van der Waals surface area contributed by atoms with E-state index in [1.54, 1.807) is 12.1 Å². The lowest BCUT2D eigenvalue weighted by atomic mass is 10.2. The van der Waals surface area contributed by atoms with Crippen LogP contribution in [-0.2, 0) is 4.79 Å². The molecule has 0 spiro atoms. The Morgan fingerprint density at radius 1 is 1.47 bits per heavy atom. The predicted molar refractivity (Wildman–Crippen MR) is 72.0 cm³/mol. The zero-order valence-electron chi connectivity index (χ0n) is 11.2. The lowest BCUT2D eigenvalue weighted by molar-refractivity contribution is -0.117. The van der Waals surface area contributed by atoms with Crippen molar-refractivity contribution in [2.75, 3.05) is 18.4 Å². The van der Waals surface area contributed by atoms with Crippen LogP contribution >= 0.6 is 0 Å². The molecule has 19 heavy (non-hydrogen) atoms. The summed E-state index contributed by atoms with van der Waals surface area (Å²) in [7, 11) is 0. The molecule has 5 heteroatoms. The molecule has 0 unspecified atom stereocenters. The molecule has 0 aliphatic heterocycles. The largest absolute Gasteiger partial charge is 0.322 e. The first-order valence-electron chi connectivity index (χ1n) is 6.20. The van der Waals surface area contributed by atoms with Crippen molar-refractivity contribution in [2.24, 2.45) is 0 Å². The fourth-order valence-electron chi connectivity index (χ4n) is 1.65. The first kappa shape index (κ1) is 15.1. The number of nitriles is 1. The lowest BCUT2D eigenvalue weighted by Crippen LogP contribution is -2.38. The summed E-state index contributed by atoms with van der Waals surface area (Å²) in [4.78, 5) is 13.7. The fraction of sp³-hybridized carbons (Fsp3) is 0.429. The van der Waals surface area contributed by atoms with E-state index in [1.165, 1.54) is 12.1 Å². The molecule has 0 atom stereocenters. The van der Waals surface area contributed by atoms with Gasteiger partial charge in [-0.3, -0.25) is 9.69 Å². The zero-order chi connectivity index (χ0) is 14.3. The standard InChI is InChI=1S/C14H18FN3O/c1-11(2)18(9-5-8-16)10-14(19)17-13-7-4-3-6-12(13)15/h3-4,6-7,11H,5,9-10H2,1-2H3,(H,17,19). The maximum Gasteiger partial charge on any atom is 0.238 e. The minimum atomic E-state index is -0.455. The van der Waals surface area contributed by atoms with Crippen LogP contribution in [0.2, 0.25) is 0 Å². The summed E-state index contributed by atoms with van der Waals surface area (Å²) >= 11 is 0. The van der Waals surface area contributed by atoms with Crippen molar-refractivity contribution in [3.8, 4) is 6.07 Å². The number of anilines is 1. The molecule has 1 aromatic rings. The highest BCUT2D eigenvalue weighted by atomic mass is 19.1. The average Bonchev–Trinajstić information content (AvgIpc) is 2.37. The Labute approximate surface area is 112 Å². The van der Waals surface area contributed by atoms with Gasteiger partial charge in [-0.05, 0) is 26.0 Å². The molecule has 0 fully saturated rings. The lowest BCUT2D eigenvalue weighted by Gasteiger charge is -2.24. The van der Waals surface area contributed by atoms with Crippen LogP contribution in [0.5, 0.6) is 0 Å². The van der Waals surface area contributed by atoms with Crippen molar-refractivity contribution in [1.29, 1.82) is 5.26 Å². The topological polar surface area (TPSA) is 56.1 Å². The SMILES string of the molecule is CC(C)N(CCC#N)CC(=O)Nc1ccccc1F. The summed E-state index contributed by atoms with van der Waals surface area (Å²) in [6.07, 6.45) is 0.366. The number of hydrogen-bond acceptors (Lipinski definition) is 3. The molecule has 0 radical (unpaired) electrons. The zero-order valence-corrected chi connectivity index (χ0v) is 11.2. The number of amides is 1. The van der Waals surface area contributed by atoms with E-state index in [1.807, 2.05) is 18.7 Å². The number of nitrogens with zero attached hydrogens (tertiary/aromatic N) is 2. The molecule has 1 amide bonds. The first-order chi connectivity index (χ1) is 9.04. The van der Waals surface area contributed by atoms with Crippen molar-refractivity contribution in [3.63, 3.8) is 0 Å². The molecular formula is C14H18FN3O. The van der Waals surface area contributed by atoms with E-state index in [-0.39, 0.29) is 24.2 Å². The van der Waals surface area contributed by atoms with Gasteiger partial charge in [0.1, 0.15) is 5.82 Å². The van der Waals surface area contributed by atoms with Crippen molar-refractivity contribution in [1.82, 2.24) is 4.90 Å². The minimum absolute atomic E-state index is 0.147. The van der Waals surface area contributed by atoms with Crippen molar-refractivity contribution in [3.05, 3.63) is 30.1 Å². The number of carbonyl (C=O) groups excluding carboxylic acids is 1. The normalized spacial score (nSPS) is 10.5. The summed E-state index contributed by atoms with van der Waals surface area (Å²) in [6.45, 7) is 4.58. The molecule has 1 aromatic carbocycles. The number of nitrogens with one attached hydrogen (secondary N) is 1. The van der Waals surface area contributed by atoms with Crippen LogP contribution in [0.1, 0.15) is 20.3 Å². The highest BCUT2D eigenvalue weighted by Crippen LogP contribution is 2.12. The van der Waals surface area contributed by atoms with Crippen LogP contribution in [0.25, 0.3) is 0 Å². The molecule has 102 valence electrons. The maximum atomic E-state index is 13.4. The highest BCUT2D eigenvalue weighted by molar-refractivity contribution is 5.92. The monoisotopic (exact) mass is 263 g/mol. The van der Waals surface area contributed by atoms with Gasteiger partial charge in [0, 0.05) is 19.0 Å². The number of rotatable bonds is 6. The molecule has 1 N–H and O–H groups in total. The number of benzene rings is 1. The molecular weight excluding hydrogens is 245 g/mol. The molecule has 1 rings (SSSR count). The second-order valence-electron chi connectivity index (χ2n) is 4.50. The highest BCUT2D eigenvalue weighted by Gasteiger charge is 2.14. The van der Waals surface area contributed by atoms with Gasteiger partial charge >= 0.3 is 0 Å². The van der Waals surface area contributed by atoms with Gasteiger partial charge < -0.3 is 5.32 Å². The van der Waals surface area contributed by atoms with E-state index in [0.717, 1.165) is 0 Å². The summed E-state index contributed by atoms with van der Waals surface area (Å²) in [5, 5.41) is 11.1. The van der Waals surface area contributed by atoms with Crippen LogP contribution < -0.4 is 5.32 Å². The van der Waals surface area contributed by atoms with Gasteiger partial charge in [-0.25, -0.2) is 4.39 Å². The minimum Gasteiger partial charge on any atom is -0.322 e. The second-order valence-corrected chi connectivity index (χ2v) is 4.50. The van der Waals surface area contributed by atoms with Crippen molar-refractivity contribution in [2.45, 2.75) is 26.3 Å². The molecule has 0 aliphatic carbocycles. The Kier molecular flexibility index (Phi) is 5.97. The third-order valence-corrected chi connectivity index (χ3v) is 2.74.